The number of ether oxygens (including phenoxy) is 5. The monoisotopic (exact) mass is 830 g/mol. The summed E-state index contributed by atoms with van der Waals surface area (Å²) in [6, 6.07) is 2.73. The van der Waals surface area contributed by atoms with Crippen molar-refractivity contribution in [1.29, 1.82) is 5.26 Å². The molecular weight excluding hydrogens is 753 g/mol. The summed E-state index contributed by atoms with van der Waals surface area (Å²) in [4.78, 5) is 47.2. The second-order valence-electron chi connectivity index (χ2n) is 15.4. The van der Waals surface area contributed by atoms with E-state index in [2.05, 4.69) is 43.8 Å². The number of nitrogens with one attached hydrogen (secondary N) is 1. The molecule has 1 unspecified atom stereocenters. The zero-order valence-electron chi connectivity index (χ0n) is 36.3. The molecule has 1 saturated heterocycles. The van der Waals surface area contributed by atoms with E-state index in [0.29, 0.717) is 44.7 Å². The number of nitriles is 1. The molecule has 0 aromatic heterocycles. The van der Waals surface area contributed by atoms with E-state index in [1.807, 2.05) is 0 Å². The van der Waals surface area contributed by atoms with Crippen molar-refractivity contribution in [3.8, 4) is 6.07 Å². The first-order valence-corrected chi connectivity index (χ1v) is 22.7. The first-order chi connectivity index (χ1) is 27.4. The van der Waals surface area contributed by atoms with Crippen LogP contribution >= 0.6 is 8.53 Å². The molecule has 5 atom stereocenters. The minimum Gasteiger partial charge on any atom is -0.456 e. The Hall–Kier alpha value is -2.40. The van der Waals surface area contributed by atoms with Gasteiger partial charge in [-0.15, -0.1) is 0 Å². The van der Waals surface area contributed by atoms with Crippen LogP contribution in [0.3, 0.4) is 0 Å². The van der Waals surface area contributed by atoms with Gasteiger partial charge < -0.3 is 38.0 Å². The zero-order valence-corrected chi connectivity index (χ0v) is 37.2. The van der Waals surface area contributed by atoms with Crippen molar-refractivity contribution in [2.75, 3.05) is 33.0 Å². The van der Waals surface area contributed by atoms with Gasteiger partial charge in [0.1, 0.15) is 0 Å². The van der Waals surface area contributed by atoms with Gasteiger partial charge in [0.15, 0.2) is 24.6 Å². The van der Waals surface area contributed by atoms with Crippen LogP contribution in [0.4, 0.5) is 0 Å². The molecule has 1 fully saturated rings. The van der Waals surface area contributed by atoms with Crippen LogP contribution in [0, 0.1) is 11.3 Å². The fourth-order valence-electron chi connectivity index (χ4n) is 6.74. The van der Waals surface area contributed by atoms with Gasteiger partial charge in [-0.1, -0.05) is 83.5 Å². The van der Waals surface area contributed by atoms with Gasteiger partial charge >= 0.3 is 17.9 Å². The van der Waals surface area contributed by atoms with E-state index in [1.165, 1.54) is 72.1 Å². The van der Waals surface area contributed by atoms with Crippen molar-refractivity contribution in [3.63, 3.8) is 0 Å². The number of unbranched alkanes of at least 4 members (excludes halogenated alkanes) is 15. The highest BCUT2D eigenvalue weighted by atomic mass is 31.2. The first-order valence-electron chi connectivity index (χ1n) is 21.6. The molecule has 1 N–H and O–H groups in total. The van der Waals surface area contributed by atoms with Gasteiger partial charge in [-0.05, 0) is 53.4 Å². The fraction of sp³-hybridized carbons (Fsp3) is 0.881. The molecule has 1 rings (SSSR count). The van der Waals surface area contributed by atoms with Gasteiger partial charge in [-0.2, -0.15) is 5.26 Å². The molecule has 0 aliphatic carbocycles. The van der Waals surface area contributed by atoms with Gasteiger partial charge in [-0.25, -0.2) is 4.67 Å². The Morgan fingerprint density at radius 2 is 1.14 bits per heavy atom. The number of rotatable bonds is 34. The van der Waals surface area contributed by atoms with Gasteiger partial charge in [0.2, 0.25) is 5.91 Å². The summed E-state index contributed by atoms with van der Waals surface area (Å²) >= 11 is 0. The minimum absolute atomic E-state index is 0.0403. The predicted molar refractivity (Wildman–Crippen MR) is 220 cm³/mol. The van der Waals surface area contributed by atoms with E-state index in [4.69, 9.17) is 38.0 Å². The molecule has 14 nitrogen and oxygen atoms in total. The van der Waals surface area contributed by atoms with Crippen molar-refractivity contribution >= 4 is 32.3 Å². The summed E-state index contributed by atoms with van der Waals surface area (Å²) in [7, 11) is -1.18. The Morgan fingerprint density at radius 3 is 1.67 bits per heavy atom. The Bertz CT molecular complexity index is 1130. The normalized spacial score (nSPS) is 18.7. The smallest absolute Gasteiger partial charge is 0.303 e. The lowest BCUT2D eigenvalue weighted by Gasteiger charge is -2.40. The number of carbonyl (C=O) groups excluding carboxylic acids is 4. The lowest BCUT2D eigenvalue weighted by Crippen LogP contribution is -2.58. The standard InChI is InChI=1S/C42H76N3O11P/c1-33(2)45(34(3)4)57(53-31-25-27-43)52-30-24-20-18-22-28-44-39(49)26-21-17-15-13-11-9-8-10-12-14-16-19-23-29-50-42-41(56-37(7)48)40(55-36(6)47)38(32-51-42)54-35(5)46/h33-34,38,40-42H,8-26,28-32H2,1-7H3,(H,44,49)/t38-,40+,41-,42-,57?/m1/s1. The third-order valence-electron chi connectivity index (χ3n) is 9.39. The summed E-state index contributed by atoms with van der Waals surface area (Å²) in [5.74, 6) is -1.58. The van der Waals surface area contributed by atoms with Gasteiger partial charge in [0.25, 0.3) is 8.53 Å². The second-order valence-corrected chi connectivity index (χ2v) is 16.8. The van der Waals surface area contributed by atoms with Gasteiger partial charge in [0.05, 0.1) is 32.3 Å². The molecule has 330 valence electrons. The molecule has 57 heavy (non-hydrogen) atoms. The Morgan fingerprint density at radius 1 is 0.667 bits per heavy atom. The van der Waals surface area contributed by atoms with Crippen molar-refractivity contribution < 1.29 is 51.9 Å². The zero-order chi connectivity index (χ0) is 42.3. The largest absolute Gasteiger partial charge is 0.456 e. The third-order valence-corrected chi connectivity index (χ3v) is 11.5. The molecule has 0 radical (unpaired) electrons. The molecule has 15 heteroatoms. The number of hydrogen-bond donors (Lipinski definition) is 1. The van der Waals surface area contributed by atoms with Crippen molar-refractivity contribution in [2.24, 2.45) is 0 Å². The average molecular weight is 830 g/mol. The molecule has 1 aliphatic heterocycles. The SMILES string of the molecule is CC(=O)O[C@@H]1[C@@H](OC(C)=O)[C@H](OCCCCCCCCCCCCCCCC(=O)NCCCCCCOP(OCCC#N)N(C(C)C)C(C)C)OC[C@H]1OC(C)=O. The Labute approximate surface area is 345 Å². The van der Waals surface area contributed by atoms with Crippen molar-refractivity contribution in [3.05, 3.63) is 0 Å². The fourth-order valence-corrected chi connectivity index (χ4v) is 8.36. The van der Waals surface area contributed by atoms with Crippen LogP contribution in [0.25, 0.3) is 0 Å². The lowest BCUT2D eigenvalue weighted by molar-refractivity contribution is -0.281. The van der Waals surface area contributed by atoms with E-state index < -0.39 is 51.0 Å². The van der Waals surface area contributed by atoms with Gasteiger partial charge in [0, 0.05) is 52.4 Å². The van der Waals surface area contributed by atoms with Crippen molar-refractivity contribution in [2.45, 2.75) is 207 Å². The topological polar surface area (TPSA) is 172 Å². The molecule has 0 saturated carbocycles. The third kappa shape index (κ3) is 26.3. The summed E-state index contributed by atoms with van der Waals surface area (Å²) in [5.41, 5.74) is 0. The lowest BCUT2D eigenvalue weighted by atomic mass is 10.0. The van der Waals surface area contributed by atoms with Crippen LogP contribution in [0.5, 0.6) is 0 Å². The van der Waals surface area contributed by atoms with E-state index in [-0.39, 0.29) is 12.5 Å². The molecule has 0 spiro atoms. The van der Waals surface area contributed by atoms with E-state index in [1.54, 1.807) is 0 Å². The predicted octanol–water partition coefficient (Wildman–Crippen LogP) is 8.58. The molecule has 1 heterocycles. The van der Waals surface area contributed by atoms with Crippen LogP contribution in [0.1, 0.15) is 170 Å². The molecular formula is C42H76N3O11P. The number of esters is 3. The summed E-state index contributed by atoms with van der Waals surface area (Å²) in [5, 5.41) is 11.9. The maximum atomic E-state index is 12.2. The van der Waals surface area contributed by atoms with E-state index >= 15 is 0 Å². The molecule has 1 aliphatic rings. The number of nitrogens with zero attached hydrogens (tertiary/aromatic N) is 2. The van der Waals surface area contributed by atoms with Crippen LogP contribution < -0.4 is 5.32 Å². The maximum absolute atomic E-state index is 12.2. The molecule has 0 bridgehead atoms. The first kappa shape index (κ1) is 52.6. The van der Waals surface area contributed by atoms with E-state index in [9.17, 15) is 19.2 Å². The number of amides is 1. The molecule has 1 amide bonds. The summed E-state index contributed by atoms with van der Waals surface area (Å²) < 4.78 is 41.9. The average Bonchev–Trinajstić information content (AvgIpc) is 3.13. The quantitative estimate of drug-likeness (QED) is 0.0283. The van der Waals surface area contributed by atoms with Crippen LogP contribution in [0.2, 0.25) is 0 Å². The van der Waals surface area contributed by atoms with Crippen molar-refractivity contribution in [1.82, 2.24) is 9.99 Å². The summed E-state index contributed by atoms with van der Waals surface area (Å²) in [6.07, 6.45) is 15.8. The highest BCUT2D eigenvalue weighted by Gasteiger charge is 2.47. The number of carbonyl (C=O) groups is 4. The minimum atomic E-state index is -1.18. The Kier molecular flexibility index (Phi) is 30.9. The van der Waals surface area contributed by atoms with E-state index in [0.717, 1.165) is 64.3 Å². The maximum Gasteiger partial charge on any atom is 0.303 e. The highest BCUT2D eigenvalue weighted by molar-refractivity contribution is 7.44. The van der Waals surface area contributed by atoms with Crippen LogP contribution in [-0.4, -0.2) is 98.1 Å². The van der Waals surface area contributed by atoms with Crippen LogP contribution in [0.15, 0.2) is 0 Å². The molecule has 0 aromatic carbocycles. The number of hydrogen-bond acceptors (Lipinski definition) is 13. The highest BCUT2D eigenvalue weighted by Crippen LogP contribution is 2.46. The summed E-state index contributed by atoms with van der Waals surface area (Å²) in [6.45, 7) is 14.4. The van der Waals surface area contributed by atoms with Gasteiger partial charge in [-0.3, -0.25) is 19.2 Å². The second kappa shape index (κ2) is 33.4. The molecule has 0 aromatic rings. The van der Waals surface area contributed by atoms with Crippen LogP contribution in [-0.2, 0) is 51.9 Å². The Balaban J connectivity index is 2.01.